The number of carbonyl (C=O) groups excluding carboxylic acids is 1. The molecule has 1 atom stereocenters. The predicted octanol–water partition coefficient (Wildman–Crippen LogP) is 4.84. The van der Waals surface area contributed by atoms with Gasteiger partial charge in [-0.15, -0.1) is 0 Å². The number of pyridine rings is 1. The van der Waals surface area contributed by atoms with Gasteiger partial charge in [-0.2, -0.15) is 5.10 Å². The molecule has 2 aromatic rings. The highest BCUT2D eigenvalue weighted by Crippen LogP contribution is 2.33. The van der Waals surface area contributed by atoms with E-state index in [2.05, 4.69) is 30.0 Å². The monoisotopic (exact) mass is 400 g/mol. The fourth-order valence-electron chi connectivity index (χ4n) is 3.89. The van der Waals surface area contributed by atoms with Crippen LogP contribution in [0.5, 0.6) is 0 Å². The maximum atomic E-state index is 13.0. The second-order valence-electron chi connectivity index (χ2n) is 7.78. The zero-order valence-electron chi connectivity index (χ0n) is 17.2. The van der Waals surface area contributed by atoms with E-state index in [0.717, 1.165) is 42.8 Å². The third-order valence-corrected chi connectivity index (χ3v) is 5.60. The molecule has 0 saturated heterocycles. The van der Waals surface area contributed by atoms with Crippen molar-refractivity contribution >= 4 is 23.6 Å². The average Bonchev–Trinajstić information content (AvgIpc) is 2.93. The maximum absolute atomic E-state index is 13.0. The Hall–Kier alpha value is -2.14. The Morgan fingerprint density at radius 3 is 2.96 bits per heavy atom. The number of rotatable bonds is 6. The van der Waals surface area contributed by atoms with Crippen molar-refractivity contribution in [2.45, 2.75) is 59.5 Å². The Morgan fingerprint density at radius 2 is 2.25 bits per heavy atom. The average molecular weight is 401 g/mol. The van der Waals surface area contributed by atoms with E-state index >= 15 is 0 Å². The summed E-state index contributed by atoms with van der Waals surface area (Å²) in [6.07, 6.45) is 8.29. The molecule has 0 radical (unpaired) electrons. The van der Waals surface area contributed by atoms with Crippen molar-refractivity contribution in [1.82, 2.24) is 19.7 Å². The van der Waals surface area contributed by atoms with E-state index in [1.165, 1.54) is 5.56 Å². The van der Waals surface area contributed by atoms with Crippen LogP contribution >= 0.6 is 11.6 Å². The number of halogens is 1. The number of fused-ring (bicyclic) bond motifs is 1. The molecule has 5 nitrogen and oxygen atoms in total. The molecular weight excluding hydrogens is 372 g/mol. The van der Waals surface area contributed by atoms with Gasteiger partial charge in [-0.1, -0.05) is 31.5 Å². The number of nitrogens with zero attached hydrogens (tertiary/aromatic N) is 4. The van der Waals surface area contributed by atoms with Gasteiger partial charge in [-0.05, 0) is 56.7 Å². The van der Waals surface area contributed by atoms with Gasteiger partial charge < -0.3 is 4.90 Å². The summed E-state index contributed by atoms with van der Waals surface area (Å²) < 4.78 is 1.81. The van der Waals surface area contributed by atoms with Gasteiger partial charge in [0, 0.05) is 30.9 Å². The summed E-state index contributed by atoms with van der Waals surface area (Å²) in [4.78, 5) is 19.5. The van der Waals surface area contributed by atoms with E-state index in [4.69, 9.17) is 11.6 Å². The zero-order valence-corrected chi connectivity index (χ0v) is 17.9. The summed E-state index contributed by atoms with van der Waals surface area (Å²) in [5.41, 5.74) is 3.94. The summed E-state index contributed by atoms with van der Waals surface area (Å²) in [5, 5.41) is 5.10. The second kappa shape index (κ2) is 8.91. The predicted molar refractivity (Wildman–Crippen MR) is 113 cm³/mol. The van der Waals surface area contributed by atoms with Crippen LogP contribution in [0.2, 0.25) is 5.15 Å². The molecule has 0 fully saturated rings. The fourth-order valence-corrected chi connectivity index (χ4v) is 4.20. The molecule has 1 aliphatic rings. The van der Waals surface area contributed by atoms with Crippen molar-refractivity contribution in [3.05, 3.63) is 52.1 Å². The highest BCUT2D eigenvalue weighted by atomic mass is 35.5. The standard InChI is InChI=1S/C22H29ClN4O/c1-5-26(19-10-6-8-17-9-7-13-24-21(17)19)20(28)12-11-18-16(4)25-27(22(18)23)14-15(2)3/h7,9,11-13,15,19H,5-6,8,10,14H2,1-4H3/b12-11+. The normalized spacial score (nSPS) is 16.6. The molecule has 6 heteroatoms. The van der Waals surface area contributed by atoms with Crippen LogP contribution in [-0.4, -0.2) is 32.1 Å². The van der Waals surface area contributed by atoms with Crippen LogP contribution in [0.4, 0.5) is 0 Å². The summed E-state index contributed by atoms with van der Waals surface area (Å²) in [7, 11) is 0. The lowest BCUT2D eigenvalue weighted by Crippen LogP contribution is -2.36. The number of aromatic nitrogens is 3. The molecule has 0 saturated carbocycles. The zero-order chi connectivity index (χ0) is 20.3. The smallest absolute Gasteiger partial charge is 0.247 e. The van der Waals surface area contributed by atoms with E-state index in [-0.39, 0.29) is 11.9 Å². The molecule has 0 N–H and O–H groups in total. The van der Waals surface area contributed by atoms with Gasteiger partial charge in [0.25, 0.3) is 0 Å². The van der Waals surface area contributed by atoms with Gasteiger partial charge in [0.2, 0.25) is 5.91 Å². The first-order chi connectivity index (χ1) is 13.4. The number of amides is 1. The van der Waals surface area contributed by atoms with Crippen LogP contribution in [0.3, 0.4) is 0 Å². The first kappa shape index (κ1) is 20.6. The van der Waals surface area contributed by atoms with Crippen LogP contribution in [0.1, 0.15) is 62.2 Å². The molecule has 1 unspecified atom stereocenters. The van der Waals surface area contributed by atoms with E-state index in [9.17, 15) is 4.79 Å². The van der Waals surface area contributed by atoms with Crippen molar-refractivity contribution in [2.24, 2.45) is 5.92 Å². The molecule has 0 aromatic carbocycles. The van der Waals surface area contributed by atoms with Crippen LogP contribution < -0.4 is 0 Å². The Morgan fingerprint density at radius 1 is 1.46 bits per heavy atom. The number of hydrogen-bond acceptors (Lipinski definition) is 3. The van der Waals surface area contributed by atoms with E-state index in [0.29, 0.717) is 17.6 Å². The molecule has 0 bridgehead atoms. The largest absolute Gasteiger partial charge is 0.331 e. The lowest BCUT2D eigenvalue weighted by molar-refractivity contribution is -0.128. The van der Waals surface area contributed by atoms with Crippen LogP contribution in [0, 0.1) is 12.8 Å². The molecule has 1 amide bonds. The molecule has 28 heavy (non-hydrogen) atoms. The lowest BCUT2D eigenvalue weighted by Gasteiger charge is -2.33. The minimum absolute atomic E-state index is 0.0157. The molecule has 3 rings (SSSR count). The first-order valence-electron chi connectivity index (χ1n) is 10.1. The van der Waals surface area contributed by atoms with Crippen molar-refractivity contribution in [2.75, 3.05) is 6.54 Å². The van der Waals surface area contributed by atoms with E-state index in [1.807, 2.05) is 35.7 Å². The second-order valence-corrected chi connectivity index (χ2v) is 8.14. The van der Waals surface area contributed by atoms with E-state index in [1.54, 1.807) is 12.2 Å². The van der Waals surface area contributed by atoms with Crippen molar-refractivity contribution in [1.29, 1.82) is 0 Å². The van der Waals surface area contributed by atoms with E-state index < -0.39 is 0 Å². The van der Waals surface area contributed by atoms with Crippen LogP contribution in [0.25, 0.3) is 6.08 Å². The Kier molecular flexibility index (Phi) is 6.55. The minimum Gasteiger partial charge on any atom is -0.331 e. The Balaban J connectivity index is 1.81. The van der Waals surface area contributed by atoms with Crippen LogP contribution in [0.15, 0.2) is 24.4 Å². The Bertz CT molecular complexity index is 871. The SMILES string of the molecule is CCN(C(=O)/C=C/c1c(C)nn(CC(C)C)c1Cl)C1CCCc2cccnc21. The maximum Gasteiger partial charge on any atom is 0.247 e. The highest BCUT2D eigenvalue weighted by molar-refractivity contribution is 6.31. The molecule has 1 aliphatic carbocycles. The fraction of sp³-hybridized carbons (Fsp3) is 0.500. The molecule has 0 aliphatic heterocycles. The number of aryl methyl sites for hydroxylation is 2. The van der Waals surface area contributed by atoms with Crippen molar-refractivity contribution < 1.29 is 4.79 Å². The van der Waals surface area contributed by atoms with Gasteiger partial charge in [0.15, 0.2) is 0 Å². The topological polar surface area (TPSA) is 51.0 Å². The lowest BCUT2D eigenvalue weighted by atomic mass is 9.90. The number of likely N-dealkylation sites (N-methyl/N-ethyl adjacent to an activating group) is 1. The number of hydrogen-bond donors (Lipinski definition) is 0. The van der Waals surface area contributed by atoms with Gasteiger partial charge in [-0.25, -0.2) is 0 Å². The summed E-state index contributed by atoms with van der Waals surface area (Å²) in [6.45, 7) is 9.59. The van der Waals surface area contributed by atoms with Crippen LogP contribution in [-0.2, 0) is 17.8 Å². The minimum atomic E-state index is -0.0157. The van der Waals surface area contributed by atoms with Gasteiger partial charge in [0.05, 0.1) is 17.4 Å². The van der Waals surface area contributed by atoms with Crippen molar-refractivity contribution in [3.8, 4) is 0 Å². The quantitative estimate of drug-likeness (QED) is 0.652. The number of carbonyl (C=O) groups is 1. The van der Waals surface area contributed by atoms with Gasteiger partial charge >= 0.3 is 0 Å². The molecular formula is C22H29ClN4O. The Labute approximate surface area is 172 Å². The molecule has 2 aromatic heterocycles. The highest BCUT2D eigenvalue weighted by Gasteiger charge is 2.28. The third-order valence-electron chi connectivity index (χ3n) is 5.21. The summed E-state index contributed by atoms with van der Waals surface area (Å²) >= 11 is 6.50. The van der Waals surface area contributed by atoms with Crippen molar-refractivity contribution in [3.63, 3.8) is 0 Å². The molecule has 0 spiro atoms. The summed E-state index contributed by atoms with van der Waals surface area (Å²) in [5.74, 6) is 0.433. The summed E-state index contributed by atoms with van der Waals surface area (Å²) in [6, 6.07) is 4.13. The van der Waals surface area contributed by atoms with Gasteiger partial charge in [0.1, 0.15) is 5.15 Å². The molecule has 2 heterocycles. The molecule has 150 valence electrons. The van der Waals surface area contributed by atoms with Gasteiger partial charge in [-0.3, -0.25) is 14.5 Å². The first-order valence-corrected chi connectivity index (χ1v) is 10.5. The third kappa shape index (κ3) is 4.30.